The molecule has 0 atom stereocenters. The highest BCUT2D eigenvalue weighted by Crippen LogP contribution is 2.21. The molecule has 174 valence electrons. The first-order valence-electron chi connectivity index (χ1n) is 11.1. The third-order valence-corrected chi connectivity index (χ3v) is 6.41. The van der Waals surface area contributed by atoms with Crippen LogP contribution < -0.4 is 10.5 Å². The van der Waals surface area contributed by atoms with Crippen LogP contribution in [0.25, 0.3) is 22.1 Å². The molecular formula is C23H28N6O3S. The van der Waals surface area contributed by atoms with Gasteiger partial charge in [-0.3, -0.25) is 4.79 Å². The van der Waals surface area contributed by atoms with Crippen LogP contribution in [0.4, 0.5) is 0 Å². The highest BCUT2D eigenvalue weighted by Gasteiger charge is 2.15. The molecule has 9 nitrogen and oxygen atoms in total. The molecule has 0 aliphatic rings. The first-order valence-corrected chi connectivity index (χ1v) is 12.6. The number of aromatic nitrogens is 4. The number of fused-ring (bicyclic) bond motifs is 2. The molecule has 4 rings (SSSR count). The van der Waals surface area contributed by atoms with Crippen LogP contribution in [-0.2, 0) is 34.2 Å². The van der Waals surface area contributed by atoms with Gasteiger partial charge in [0.2, 0.25) is 15.9 Å². The molecule has 0 spiro atoms. The van der Waals surface area contributed by atoms with Gasteiger partial charge in [0.1, 0.15) is 11.6 Å². The predicted molar refractivity (Wildman–Crippen MR) is 127 cm³/mol. The topological polar surface area (TPSA) is 136 Å². The number of aromatic amines is 1. The van der Waals surface area contributed by atoms with Crippen LogP contribution in [0.15, 0.2) is 47.4 Å². The number of aryl methyl sites for hydroxylation is 3. The van der Waals surface area contributed by atoms with Crippen molar-refractivity contribution in [3.63, 3.8) is 0 Å². The maximum Gasteiger partial charge on any atom is 0.238 e. The lowest BCUT2D eigenvalue weighted by atomic mass is 10.2. The third kappa shape index (κ3) is 5.40. The number of imidazole rings is 2. The highest BCUT2D eigenvalue weighted by molar-refractivity contribution is 7.89. The van der Waals surface area contributed by atoms with Gasteiger partial charge in [-0.05, 0) is 43.2 Å². The molecule has 2 heterocycles. The number of para-hydroxylation sites is 2. The number of nitrogens with two attached hydrogens (primary N) is 1. The smallest absolute Gasteiger partial charge is 0.238 e. The minimum absolute atomic E-state index is 0.0323. The van der Waals surface area contributed by atoms with Crippen LogP contribution in [0.1, 0.15) is 37.8 Å². The minimum Gasteiger partial charge on any atom is -0.356 e. The molecule has 1 amide bonds. The second-order valence-corrected chi connectivity index (χ2v) is 9.59. The first-order chi connectivity index (χ1) is 15.8. The van der Waals surface area contributed by atoms with Crippen molar-refractivity contribution < 1.29 is 13.2 Å². The van der Waals surface area contributed by atoms with E-state index in [9.17, 15) is 13.2 Å². The molecule has 4 N–H and O–H groups in total. The van der Waals surface area contributed by atoms with E-state index in [2.05, 4.69) is 27.2 Å². The Balaban J connectivity index is 1.33. The summed E-state index contributed by atoms with van der Waals surface area (Å²) in [6.45, 7) is 3.36. The maximum absolute atomic E-state index is 12.4. The SMILES string of the molecule is CCCn1c(CCC(=O)NCCCc2nc3ccccc3[nH]2)nc2cc(S(N)(=O)=O)ccc21. The van der Waals surface area contributed by atoms with Crippen LogP contribution in [0, 0.1) is 0 Å². The monoisotopic (exact) mass is 468 g/mol. The summed E-state index contributed by atoms with van der Waals surface area (Å²) in [6, 6.07) is 12.6. The zero-order chi connectivity index (χ0) is 23.4. The van der Waals surface area contributed by atoms with E-state index in [4.69, 9.17) is 5.14 Å². The molecule has 2 aromatic heterocycles. The van der Waals surface area contributed by atoms with Gasteiger partial charge in [0.15, 0.2) is 0 Å². The summed E-state index contributed by atoms with van der Waals surface area (Å²) in [5.41, 5.74) is 3.37. The van der Waals surface area contributed by atoms with E-state index in [1.165, 1.54) is 12.1 Å². The van der Waals surface area contributed by atoms with Crippen LogP contribution >= 0.6 is 0 Å². The Morgan fingerprint density at radius 3 is 2.70 bits per heavy atom. The molecular weight excluding hydrogens is 440 g/mol. The lowest BCUT2D eigenvalue weighted by Gasteiger charge is -2.08. The van der Waals surface area contributed by atoms with E-state index in [-0.39, 0.29) is 10.8 Å². The molecule has 0 fully saturated rings. The van der Waals surface area contributed by atoms with Gasteiger partial charge in [0, 0.05) is 32.4 Å². The molecule has 4 aromatic rings. The number of amides is 1. The fourth-order valence-corrected chi connectivity index (χ4v) is 4.46. The van der Waals surface area contributed by atoms with Crippen molar-refractivity contribution in [1.82, 2.24) is 24.8 Å². The summed E-state index contributed by atoms with van der Waals surface area (Å²) in [7, 11) is -3.80. The van der Waals surface area contributed by atoms with Gasteiger partial charge in [-0.2, -0.15) is 0 Å². The number of H-pyrrole nitrogens is 1. The van der Waals surface area contributed by atoms with Crippen molar-refractivity contribution in [1.29, 1.82) is 0 Å². The van der Waals surface area contributed by atoms with Crippen molar-refractivity contribution in [2.45, 2.75) is 50.5 Å². The Morgan fingerprint density at radius 1 is 1.12 bits per heavy atom. The summed E-state index contributed by atoms with van der Waals surface area (Å²) in [5, 5.41) is 8.20. The summed E-state index contributed by atoms with van der Waals surface area (Å²) in [6.07, 6.45) is 3.21. The third-order valence-electron chi connectivity index (χ3n) is 5.50. The predicted octanol–water partition coefficient (Wildman–Crippen LogP) is 2.65. The first kappa shape index (κ1) is 22.9. The maximum atomic E-state index is 12.4. The lowest BCUT2D eigenvalue weighted by molar-refractivity contribution is -0.121. The van der Waals surface area contributed by atoms with Crippen LogP contribution in [0.2, 0.25) is 0 Å². The zero-order valence-electron chi connectivity index (χ0n) is 18.5. The highest BCUT2D eigenvalue weighted by atomic mass is 32.2. The van der Waals surface area contributed by atoms with Crippen molar-refractivity contribution in [3.05, 3.63) is 54.1 Å². The Hall–Kier alpha value is -3.24. The second kappa shape index (κ2) is 9.72. The van der Waals surface area contributed by atoms with Gasteiger partial charge in [-0.15, -0.1) is 0 Å². The van der Waals surface area contributed by atoms with Gasteiger partial charge >= 0.3 is 0 Å². The van der Waals surface area contributed by atoms with Gasteiger partial charge < -0.3 is 14.9 Å². The number of nitrogens with zero attached hydrogens (tertiary/aromatic N) is 3. The molecule has 33 heavy (non-hydrogen) atoms. The molecule has 2 aromatic carbocycles. The molecule has 0 radical (unpaired) electrons. The fourth-order valence-electron chi connectivity index (χ4n) is 3.92. The number of sulfonamides is 1. The van der Waals surface area contributed by atoms with Crippen LogP contribution in [-0.4, -0.2) is 40.4 Å². The Morgan fingerprint density at radius 2 is 1.94 bits per heavy atom. The standard InChI is InChI=1S/C23H28N6O3S/c1-2-14-29-20-10-9-16(33(24,31)32)15-19(20)28-22(29)11-12-23(30)25-13-5-8-21-26-17-6-3-4-7-18(17)27-21/h3-4,6-7,9-10,15H,2,5,8,11-14H2,1H3,(H,25,30)(H,26,27)(H2,24,31,32). The number of rotatable bonds is 10. The molecule has 0 saturated heterocycles. The van der Waals surface area contributed by atoms with Crippen LogP contribution in [0.5, 0.6) is 0 Å². The Bertz CT molecular complexity index is 1360. The molecule has 0 saturated carbocycles. The zero-order valence-corrected chi connectivity index (χ0v) is 19.4. The summed E-state index contributed by atoms with van der Waals surface area (Å²) in [4.78, 5) is 24.8. The van der Waals surface area contributed by atoms with E-state index >= 15 is 0 Å². The van der Waals surface area contributed by atoms with Crippen LogP contribution in [0.3, 0.4) is 0 Å². The number of carbonyl (C=O) groups excluding carboxylic acids is 1. The quantitative estimate of drug-likeness (QED) is 0.307. The van der Waals surface area contributed by atoms with E-state index < -0.39 is 10.0 Å². The average Bonchev–Trinajstić information content (AvgIpc) is 3.35. The van der Waals surface area contributed by atoms with Gasteiger partial charge in [-0.1, -0.05) is 19.1 Å². The van der Waals surface area contributed by atoms with E-state index in [0.29, 0.717) is 24.9 Å². The number of benzene rings is 2. The van der Waals surface area contributed by atoms with Gasteiger partial charge in [0.05, 0.1) is 27.0 Å². The molecule has 0 aliphatic carbocycles. The number of primary sulfonamides is 1. The van der Waals surface area contributed by atoms with Gasteiger partial charge in [0.25, 0.3) is 0 Å². The summed E-state index contributed by atoms with van der Waals surface area (Å²) in [5.74, 6) is 1.63. The molecule has 10 heteroatoms. The van der Waals surface area contributed by atoms with E-state index in [1.807, 2.05) is 28.8 Å². The number of hydrogen-bond donors (Lipinski definition) is 3. The number of hydrogen-bond acceptors (Lipinski definition) is 5. The molecule has 0 aliphatic heterocycles. The Labute approximate surface area is 192 Å². The fraction of sp³-hybridized carbons (Fsp3) is 0.348. The number of carbonyl (C=O) groups is 1. The van der Waals surface area contributed by atoms with E-state index in [1.54, 1.807) is 6.07 Å². The average molecular weight is 469 g/mol. The lowest BCUT2D eigenvalue weighted by Crippen LogP contribution is -2.25. The normalized spacial score (nSPS) is 11.9. The van der Waals surface area contributed by atoms with Crippen molar-refractivity contribution in [3.8, 4) is 0 Å². The van der Waals surface area contributed by atoms with Gasteiger partial charge in [-0.25, -0.2) is 23.5 Å². The second-order valence-electron chi connectivity index (χ2n) is 8.03. The van der Waals surface area contributed by atoms with E-state index in [0.717, 1.165) is 54.0 Å². The largest absolute Gasteiger partial charge is 0.356 e. The molecule has 0 unspecified atom stereocenters. The summed E-state index contributed by atoms with van der Waals surface area (Å²) < 4.78 is 25.3. The van der Waals surface area contributed by atoms with Crippen molar-refractivity contribution >= 4 is 38.0 Å². The number of nitrogens with one attached hydrogen (secondary N) is 2. The Kier molecular flexibility index (Phi) is 6.75. The van der Waals surface area contributed by atoms with Crippen molar-refractivity contribution in [2.24, 2.45) is 5.14 Å². The minimum atomic E-state index is -3.80. The van der Waals surface area contributed by atoms with Crippen molar-refractivity contribution in [2.75, 3.05) is 6.54 Å². The molecule has 0 bridgehead atoms. The summed E-state index contributed by atoms with van der Waals surface area (Å²) >= 11 is 0.